The minimum Gasteiger partial charge on any atom is -0.508 e. The van der Waals surface area contributed by atoms with E-state index in [-0.39, 0.29) is 17.3 Å². The standard InChI is InChI=1S/C13H13F3N2O2/c1-12(20)4-8(5-12)18-11-7(6-17)2-9(19)3-10(11)13(14,15)16/h2-3,8,18-20H,4-5H2,1H3. The lowest BCUT2D eigenvalue weighted by molar-refractivity contribution is -0.137. The number of alkyl halides is 3. The van der Waals surface area contributed by atoms with Crippen molar-refractivity contribution in [1.82, 2.24) is 0 Å². The molecule has 1 aromatic rings. The van der Waals surface area contributed by atoms with Gasteiger partial charge in [-0.25, -0.2) is 0 Å². The monoisotopic (exact) mass is 286 g/mol. The Labute approximate surface area is 113 Å². The highest BCUT2D eigenvalue weighted by atomic mass is 19.4. The maximum Gasteiger partial charge on any atom is 0.418 e. The van der Waals surface area contributed by atoms with Crippen LogP contribution < -0.4 is 5.32 Å². The number of benzene rings is 1. The summed E-state index contributed by atoms with van der Waals surface area (Å²) in [4.78, 5) is 0. The highest BCUT2D eigenvalue weighted by molar-refractivity contribution is 5.66. The van der Waals surface area contributed by atoms with Crippen molar-refractivity contribution in [3.05, 3.63) is 23.3 Å². The highest BCUT2D eigenvalue weighted by Gasteiger charge is 2.41. The zero-order chi connectivity index (χ0) is 15.1. The van der Waals surface area contributed by atoms with Gasteiger partial charge in [-0.3, -0.25) is 0 Å². The molecule has 2 rings (SSSR count). The van der Waals surface area contributed by atoms with E-state index in [2.05, 4.69) is 5.32 Å². The fraction of sp³-hybridized carbons (Fsp3) is 0.462. The van der Waals surface area contributed by atoms with Crippen LogP contribution in [0, 0.1) is 11.3 Å². The average Bonchev–Trinajstić information content (AvgIpc) is 2.26. The summed E-state index contributed by atoms with van der Waals surface area (Å²) in [5, 5.41) is 30.4. The van der Waals surface area contributed by atoms with Crippen LogP contribution in [0.4, 0.5) is 18.9 Å². The molecule has 0 spiro atoms. The van der Waals surface area contributed by atoms with Crippen LogP contribution >= 0.6 is 0 Å². The molecular weight excluding hydrogens is 273 g/mol. The van der Waals surface area contributed by atoms with E-state index in [0.717, 1.165) is 6.07 Å². The van der Waals surface area contributed by atoms with Crippen LogP contribution in [0.15, 0.2) is 12.1 Å². The van der Waals surface area contributed by atoms with Crippen LogP contribution in [0.1, 0.15) is 30.9 Å². The quantitative estimate of drug-likeness (QED) is 0.730. The predicted octanol–water partition coefficient (Wildman–Crippen LogP) is 2.61. The number of halogens is 3. The zero-order valence-electron chi connectivity index (χ0n) is 10.6. The van der Waals surface area contributed by atoms with E-state index in [1.165, 1.54) is 0 Å². The Balaban J connectivity index is 2.38. The highest BCUT2D eigenvalue weighted by Crippen LogP contribution is 2.41. The van der Waals surface area contributed by atoms with Crippen LogP contribution in [-0.4, -0.2) is 21.9 Å². The number of phenols is 1. The number of aromatic hydroxyl groups is 1. The van der Waals surface area contributed by atoms with E-state index in [4.69, 9.17) is 5.26 Å². The summed E-state index contributed by atoms with van der Waals surface area (Å²) in [6.07, 6.45) is -4.08. The molecule has 1 fully saturated rings. The van der Waals surface area contributed by atoms with Crippen LogP contribution in [0.5, 0.6) is 5.75 Å². The van der Waals surface area contributed by atoms with Gasteiger partial charge in [0, 0.05) is 6.04 Å². The lowest BCUT2D eigenvalue weighted by Gasteiger charge is -2.42. The van der Waals surface area contributed by atoms with E-state index in [9.17, 15) is 23.4 Å². The molecule has 1 aliphatic carbocycles. The minimum absolute atomic E-state index is 0.274. The minimum atomic E-state index is -4.68. The third-order valence-electron chi connectivity index (χ3n) is 3.27. The van der Waals surface area contributed by atoms with Crippen LogP contribution in [0.2, 0.25) is 0 Å². The first-order valence-electron chi connectivity index (χ1n) is 5.95. The molecule has 1 saturated carbocycles. The fourth-order valence-corrected chi connectivity index (χ4v) is 2.40. The summed E-state index contributed by atoms with van der Waals surface area (Å²) in [6, 6.07) is 2.87. The first-order valence-corrected chi connectivity index (χ1v) is 5.95. The summed E-state index contributed by atoms with van der Waals surface area (Å²) in [7, 11) is 0. The van der Waals surface area contributed by atoms with Gasteiger partial charge in [-0.2, -0.15) is 18.4 Å². The van der Waals surface area contributed by atoms with Crippen molar-refractivity contribution in [3.63, 3.8) is 0 Å². The van der Waals surface area contributed by atoms with Crippen LogP contribution in [0.25, 0.3) is 0 Å². The SMILES string of the molecule is CC1(O)CC(Nc2c(C#N)cc(O)cc2C(F)(F)F)C1. The third-order valence-corrected chi connectivity index (χ3v) is 3.27. The first-order chi connectivity index (χ1) is 9.12. The van der Waals surface area contributed by atoms with Crippen molar-refractivity contribution >= 4 is 5.69 Å². The largest absolute Gasteiger partial charge is 0.508 e. The maximum atomic E-state index is 13.0. The number of rotatable bonds is 2. The number of aliphatic hydroxyl groups is 1. The molecule has 0 amide bonds. The molecular formula is C13H13F3N2O2. The molecule has 0 saturated heterocycles. The van der Waals surface area contributed by atoms with Gasteiger partial charge in [0.1, 0.15) is 11.8 Å². The van der Waals surface area contributed by atoms with Crippen LogP contribution in [0.3, 0.4) is 0 Å². The van der Waals surface area contributed by atoms with Crippen LogP contribution in [-0.2, 0) is 6.18 Å². The van der Waals surface area contributed by atoms with E-state index in [1.807, 2.05) is 0 Å². The molecule has 0 heterocycles. The number of nitrogens with one attached hydrogen (secondary N) is 1. The lowest BCUT2D eigenvalue weighted by Crippen LogP contribution is -2.48. The fourth-order valence-electron chi connectivity index (χ4n) is 2.40. The molecule has 108 valence electrons. The Bertz CT molecular complexity index is 568. The van der Waals surface area contributed by atoms with E-state index >= 15 is 0 Å². The molecule has 0 aromatic heterocycles. The molecule has 1 aromatic carbocycles. The predicted molar refractivity (Wildman–Crippen MR) is 65.1 cm³/mol. The smallest absolute Gasteiger partial charge is 0.418 e. The van der Waals surface area contributed by atoms with E-state index in [0.29, 0.717) is 18.9 Å². The van der Waals surface area contributed by atoms with Crippen molar-refractivity contribution in [1.29, 1.82) is 5.26 Å². The second-order valence-corrected chi connectivity index (χ2v) is 5.27. The van der Waals surface area contributed by atoms with Gasteiger partial charge in [0.2, 0.25) is 0 Å². The van der Waals surface area contributed by atoms with Crippen molar-refractivity contribution in [2.45, 2.75) is 37.6 Å². The number of nitrogens with zero attached hydrogens (tertiary/aromatic N) is 1. The normalized spacial score (nSPS) is 25.7. The van der Waals surface area contributed by atoms with E-state index < -0.39 is 23.1 Å². The summed E-state index contributed by atoms with van der Waals surface area (Å²) in [6.45, 7) is 1.60. The second-order valence-electron chi connectivity index (χ2n) is 5.27. The molecule has 4 nitrogen and oxygen atoms in total. The summed E-state index contributed by atoms with van der Waals surface area (Å²) in [5.74, 6) is -0.611. The van der Waals surface area contributed by atoms with Crippen molar-refractivity contribution < 1.29 is 23.4 Å². The van der Waals surface area contributed by atoms with E-state index in [1.54, 1.807) is 13.0 Å². The van der Waals surface area contributed by atoms with Gasteiger partial charge in [0.15, 0.2) is 0 Å². The van der Waals surface area contributed by atoms with Gasteiger partial charge in [-0.1, -0.05) is 0 Å². The van der Waals surface area contributed by atoms with Crippen molar-refractivity contribution in [3.8, 4) is 11.8 Å². The van der Waals surface area contributed by atoms with Gasteiger partial charge in [0.25, 0.3) is 0 Å². The Morgan fingerprint density at radius 3 is 2.45 bits per heavy atom. The number of nitriles is 1. The Morgan fingerprint density at radius 2 is 2.00 bits per heavy atom. The van der Waals surface area contributed by atoms with Gasteiger partial charge >= 0.3 is 6.18 Å². The number of hydrogen-bond donors (Lipinski definition) is 3. The molecule has 3 N–H and O–H groups in total. The molecule has 7 heteroatoms. The topological polar surface area (TPSA) is 76.3 Å². The summed E-state index contributed by atoms with van der Waals surface area (Å²) >= 11 is 0. The third kappa shape index (κ3) is 2.80. The molecule has 20 heavy (non-hydrogen) atoms. The molecule has 0 aliphatic heterocycles. The number of phenolic OH excluding ortho intramolecular Hbond substituents is 1. The Morgan fingerprint density at radius 1 is 1.40 bits per heavy atom. The second kappa shape index (κ2) is 4.56. The maximum absolute atomic E-state index is 13.0. The zero-order valence-corrected chi connectivity index (χ0v) is 10.6. The lowest BCUT2D eigenvalue weighted by atomic mass is 9.77. The van der Waals surface area contributed by atoms with Gasteiger partial charge in [-0.05, 0) is 31.9 Å². The first kappa shape index (κ1) is 14.5. The molecule has 0 atom stereocenters. The average molecular weight is 286 g/mol. The summed E-state index contributed by atoms with van der Waals surface area (Å²) < 4.78 is 38.9. The number of hydrogen-bond acceptors (Lipinski definition) is 4. The molecule has 0 bridgehead atoms. The Kier molecular flexibility index (Phi) is 3.30. The summed E-state index contributed by atoms with van der Waals surface area (Å²) in [5.41, 5.74) is -2.59. The number of anilines is 1. The van der Waals surface area contributed by atoms with Crippen molar-refractivity contribution in [2.24, 2.45) is 0 Å². The molecule has 1 aliphatic rings. The van der Waals surface area contributed by atoms with Gasteiger partial charge < -0.3 is 15.5 Å². The van der Waals surface area contributed by atoms with Crippen molar-refractivity contribution in [2.75, 3.05) is 5.32 Å². The molecule has 0 radical (unpaired) electrons. The van der Waals surface area contributed by atoms with Gasteiger partial charge in [-0.15, -0.1) is 0 Å². The Hall–Kier alpha value is -1.94. The molecule has 0 unspecified atom stereocenters. The van der Waals surface area contributed by atoms with Gasteiger partial charge in [0.05, 0.1) is 22.4 Å².